The predicted octanol–water partition coefficient (Wildman–Crippen LogP) is 5.48. The second-order valence-electron chi connectivity index (χ2n) is 9.56. The van der Waals surface area contributed by atoms with E-state index in [-0.39, 0.29) is 11.5 Å². The summed E-state index contributed by atoms with van der Waals surface area (Å²) >= 11 is 0. The van der Waals surface area contributed by atoms with E-state index in [1.54, 1.807) is 10.6 Å². The van der Waals surface area contributed by atoms with Gasteiger partial charge in [0.1, 0.15) is 0 Å². The molecule has 6 heteroatoms. The molecule has 0 radical (unpaired) electrons. The molecule has 1 amide bonds. The van der Waals surface area contributed by atoms with Gasteiger partial charge in [-0.25, -0.2) is 0 Å². The smallest absolute Gasteiger partial charge is 0.259 e. The van der Waals surface area contributed by atoms with Crippen LogP contribution >= 0.6 is 0 Å². The van der Waals surface area contributed by atoms with Crippen molar-refractivity contribution in [1.82, 2.24) is 9.55 Å². The molecule has 0 saturated carbocycles. The van der Waals surface area contributed by atoms with Crippen LogP contribution in [0.3, 0.4) is 0 Å². The number of carbonyl (C=O) groups is 1. The Hall–Kier alpha value is -4.55. The van der Waals surface area contributed by atoms with Gasteiger partial charge in [-0.1, -0.05) is 54.1 Å². The standard InChI is InChI=1S/C32H30N4O2/c1-21-7-6-10-24(15-21)31(37)35-27-12-11-22(2)28(17-27)29-16-25-19-34-26(13-14-33)18-30(25)36(32(29)38)20-23-8-4-3-5-9-23/h3-12,15-19H,13-14,20,33H2,1-2H3,(H,35,37). The zero-order valence-electron chi connectivity index (χ0n) is 21.6. The quantitative estimate of drug-likeness (QED) is 0.308. The van der Waals surface area contributed by atoms with E-state index in [0.717, 1.165) is 38.9 Å². The number of anilines is 1. The molecule has 0 aliphatic heterocycles. The molecule has 2 aromatic heterocycles. The number of benzene rings is 3. The lowest BCUT2D eigenvalue weighted by atomic mass is 9.99. The van der Waals surface area contributed by atoms with Gasteiger partial charge in [-0.15, -0.1) is 0 Å². The number of pyridine rings is 2. The number of nitrogens with zero attached hydrogens (tertiary/aromatic N) is 2. The second-order valence-corrected chi connectivity index (χ2v) is 9.56. The fourth-order valence-electron chi connectivity index (χ4n) is 4.69. The Labute approximate surface area is 221 Å². The van der Waals surface area contributed by atoms with Crippen LogP contribution in [0.4, 0.5) is 5.69 Å². The van der Waals surface area contributed by atoms with Gasteiger partial charge in [0, 0.05) is 40.5 Å². The average Bonchev–Trinajstić information content (AvgIpc) is 2.92. The van der Waals surface area contributed by atoms with Gasteiger partial charge in [0.25, 0.3) is 11.5 Å². The molecule has 6 nitrogen and oxygen atoms in total. The number of rotatable bonds is 7. The fraction of sp³-hybridized carbons (Fsp3) is 0.156. The maximum atomic E-state index is 14.0. The van der Waals surface area contributed by atoms with Crippen molar-refractivity contribution < 1.29 is 4.79 Å². The molecule has 190 valence electrons. The molecule has 38 heavy (non-hydrogen) atoms. The summed E-state index contributed by atoms with van der Waals surface area (Å²) in [4.78, 5) is 31.5. The molecule has 0 unspecified atom stereocenters. The molecule has 0 aliphatic carbocycles. The molecule has 5 rings (SSSR count). The first-order valence-corrected chi connectivity index (χ1v) is 12.7. The number of carbonyl (C=O) groups excluding carboxylic acids is 1. The molecular weight excluding hydrogens is 472 g/mol. The van der Waals surface area contributed by atoms with Crippen molar-refractivity contribution >= 4 is 22.5 Å². The minimum absolute atomic E-state index is 0.100. The Morgan fingerprint density at radius 1 is 0.921 bits per heavy atom. The average molecular weight is 503 g/mol. The Balaban J connectivity index is 1.61. The first kappa shape index (κ1) is 25.1. The molecule has 0 bridgehead atoms. The normalized spacial score (nSPS) is 11.0. The third-order valence-electron chi connectivity index (χ3n) is 6.68. The van der Waals surface area contributed by atoms with Gasteiger partial charge >= 0.3 is 0 Å². The lowest BCUT2D eigenvalue weighted by molar-refractivity contribution is 0.102. The maximum Gasteiger partial charge on any atom is 0.259 e. The van der Waals surface area contributed by atoms with Crippen molar-refractivity contribution in [3.63, 3.8) is 0 Å². The molecule has 0 saturated heterocycles. The van der Waals surface area contributed by atoms with E-state index in [0.29, 0.717) is 36.3 Å². The van der Waals surface area contributed by atoms with E-state index in [1.165, 1.54) is 0 Å². The van der Waals surface area contributed by atoms with Crippen LogP contribution in [0.25, 0.3) is 22.0 Å². The molecule has 3 aromatic carbocycles. The highest BCUT2D eigenvalue weighted by Gasteiger charge is 2.16. The zero-order valence-corrected chi connectivity index (χ0v) is 21.6. The molecule has 3 N–H and O–H groups in total. The van der Waals surface area contributed by atoms with Gasteiger partial charge in [-0.3, -0.25) is 14.6 Å². The van der Waals surface area contributed by atoms with E-state index in [4.69, 9.17) is 5.73 Å². The molecule has 0 atom stereocenters. The summed E-state index contributed by atoms with van der Waals surface area (Å²) in [5, 5.41) is 3.85. The van der Waals surface area contributed by atoms with Crippen molar-refractivity contribution in [1.29, 1.82) is 0 Å². The number of hydrogen-bond acceptors (Lipinski definition) is 4. The third-order valence-corrected chi connectivity index (χ3v) is 6.68. The molecular formula is C32H30N4O2. The van der Waals surface area contributed by atoms with Crippen molar-refractivity contribution in [2.45, 2.75) is 26.8 Å². The van der Waals surface area contributed by atoms with E-state index in [9.17, 15) is 9.59 Å². The minimum Gasteiger partial charge on any atom is -0.330 e. The summed E-state index contributed by atoms with van der Waals surface area (Å²) in [6, 6.07) is 26.9. The van der Waals surface area contributed by atoms with E-state index >= 15 is 0 Å². The van der Waals surface area contributed by atoms with Crippen molar-refractivity contribution in [3.05, 3.63) is 129 Å². The van der Waals surface area contributed by atoms with Crippen LogP contribution in [-0.4, -0.2) is 22.0 Å². The molecule has 5 aromatic rings. The number of aromatic nitrogens is 2. The highest BCUT2D eigenvalue weighted by molar-refractivity contribution is 6.04. The maximum absolute atomic E-state index is 14.0. The molecule has 0 fully saturated rings. The van der Waals surface area contributed by atoms with Crippen molar-refractivity contribution in [3.8, 4) is 11.1 Å². The summed E-state index contributed by atoms with van der Waals surface area (Å²) in [5.41, 5.74) is 12.9. The van der Waals surface area contributed by atoms with E-state index in [2.05, 4.69) is 10.3 Å². The van der Waals surface area contributed by atoms with Crippen LogP contribution in [0.5, 0.6) is 0 Å². The van der Waals surface area contributed by atoms with Crippen LogP contribution in [0.15, 0.2) is 95.9 Å². The number of hydrogen-bond donors (Lipinski definition) is 2. The van der Waals surface area contributed by atoms with Crippen molar-refractivity contribution in [2.75, 3.05) is 11.9 Å². The van der Waals surface area contributed by atoms with Gasteiger partial charge in [-0.05, 0) is 73.5 Å². The number of nitrogens with one attached hydrogen (secondary N) is 1. The fourth-order valence-corrected chi connectivity index (χ4v) is 4.69. The molecule has 0 aliphatic rings. The first-order valence-electron chi connectivity index (χ1n) is 12.7. The van der Waals surface area contributed by atoms with Crippen LogP contribution in [-0.2, 0) is 13.0 Å². The van der Waals surface area contributed by atoms with Gasteiger partial charge < -0.3 is 15.6 Å². The second kappa shape index (κ2) is 10.8. The van der Waals surface area contributed by atoms with Crippen LogP contribution in [0.1, 0.15) is 32.7 Å². The third kappa shape index (κ3) is 5.26. The van der Waals surface area contributed by atoms with Gasteiger partial charge in [0.05, 0.1) is 12.1 Å². The molecule has 0 spiro atoms. The summed E-state index contributed by atoms with van der Waals surface area (Å²) in [5.74, 6) is -0.194. The lowest BCUT2D eigenvalue weighted by Gasteiger charge is -2.16. The Bertz CT molecular complexity index is 1690. The number of aryl methyl sites for hydroxylation is 2. The number of nitrogens with two attached hydrogens (primary N) is 1. The predicted molar refractivity (Wildman–Crippen MR) is 154 cm³/mol. The summed E-state index contributed by atoms with van der Waals surface area (Å²) in [7, 11) is 0. The summed E-state index contributed by atoms with van der Waals surface area (Å²) in [6.45, 7) is 4.84. The summed E-state index contributed by atoms with van der Waals surface area (Å²) < 4.78 is 1.80. The monoisotopic (exact) mass is 502 g/mol. The van der Waals surface area contributed by atoms with Gasteiger partial charge in [-0.2, -0.15) is 0 Å². The minimum atomic E-state index is -0.194. The first-order chi connectivity index (χ1) is 18.4. The van der Waals surface area contributed by atoms with Crippen LogP contribution in [0, 0.1) is 13.8 Å². The van der Waals surface area contributed by atoms with Crippen LogP contribution < -0.4 is 16.6 Å². The van der Waals surface area contributed by atoms with E-state index in [1.807, 2.05) is 98.9 Å². The highest BCUT2D eigenvalue weighted by Crippen LogP contribution is 2.28. The summed E-state index contributed by atoms with van der Waals surface area (Å²) in [6.07, 6.45) is 2.45. The SMILES string of the molecule is Cc1cccc(C(=O)Nc2ccc(C)c(-c3cc4cnc(CCN)cc4n(Cc4ccccc4)c3=O)c2)c1. The van der Waals surface area contributed by atoms with E-state index < -0.39 is 0 Å². The number of amides is 1. The highest BCUT2D eigenvalue weighted by atomic mass is 16.1. The number of fused-ring (bicyclic) bond motifs is 1. The zero-order chi connectivity index (χ0) is 26.6. The van der Waals surface area contributed by atoms with Crippen LogP contribution in [0.2, 0.25) is 0 Å². The lowest BCUT2D eigenvalue weighted by Crippen LogP contribution is -2.23. The Morgan fingerprint density at radius 3 is 2.50 bits per heavy atom. The largest absolute Gasteiger partial charge is 0.330 e. The van der Waals surface area contributed by atoms with Crippen molar-refractivity contribution in [2.24, 2.45) is 5.73 Å². The topological polar surface area (TPSA) is 90.0 Å². The van der Waals surface area contributed by atoms with Gasteiger partial charge in [0.15, 0.2) is 0 Å². The Morgan fingerprint density at radius 2 is 1.74 bits per heavy atom. The molecule has 2 heterocycles. The van der Waals surface area contributed by atoms with Gasteiger partial charge in [0.2, 0.25) is 0 Å². The Kier molecular flexibility index (Phi) is 7.15.